The molecule has 1 aromatic carbocycles. The maximum Gasteiger partial charge on any atom is 0.409 e. The number of benzene rings is 1. The molecule has 0 saturated carbocycles. The van der Waals surface area contributed by atoms with E-state index in [0.717, 1.165) is 6.26 Å². The number of carbonyl (C=O) groups excluding carboxylic acids is 1. The van der Waals surface area contributed by atoms with E-state index in [1.54, 1.807) is 0 Å². The molecule has 1 unspecified atom stereocenters. The number of halogens is 4. The van der Waals surface area contributed by atoms with Crippen LogP contribution in [0.3, 0.4) is 0 Å². The lowest BCUT2D eigenvalue weighted by molar-refractivity contribution is -0.149. The van der Waals surface area contributed by atoms with Crippen LogP contribution in [0, 0.1) is 5.82 Å². The number of rotatable bonds is 4. The van der Waals surface area contributed by atoms with Crippen LogP contribution in [0.15, 0.2) is 53.8 Å². The summed E-state index contributed by atoms with van der Waals surface area (Å²) in [5.74, 6) is -0.475. The number of sulfone groups is 1. The molecule has 4 rings (SSSR count). The van der Waals surface area contributed by atoms with Gasteiger partial charge in [0.15, 0.2) is 14.9 Å². The van der Waals surface area contributed by atoms with Crippen LogP contribution in [0.1, 0.15) is 30.6 Å². The molecule has 1 N–H and O–H groups in total. The van der Waals surface area contributed by atoms with Crippen LogP contribution in [0.2, 0.25) is 0 Å². The first-order chi connectivity index (χ1) is 16.4. The van der Waals surface area contributed by atoms with Gasteiger partial charge in [0, 0.05) is 12.5 Å². The van der Waals surface area contributed by atoms with E-state index in [1.165, 1.54) is 60.4 Å². The summed E-state index contributed by atoms with van der Waals surface area (Å²) in [6, 6.07) is 4.09. The van der Waals surface area contributed by atoms with E-state index >= 15 is 0 Å². The maximum absolute atomic E-state index is 13.9. The first-order valence-corrected chi connectivity index (χ1v) is 12.4. The van der Waals surface area contributed by atoms with Crippen molar-refractivity contribution in [2.24, 2.45) is 0 Å². The van der Waals surface area contributed by atoms with Crippen molar-refractivity contribution in [1.29, 1.82) is 0 Å². The topological polar surface area (TPSA) is 97.2 Å². The largest absolute Gasteiger partial charge is 0.409 e. The van der Waals surface area contributed by atoms with Gasteiger partial charge in [0.25, 0.3) is 0 Å². The molecule has 3 heterocycles. The summed E-state index contributed by atoms with van der Waals surface area (Å²) in [5, 5.41) is 6.46. The van der Waals surface area contributed by atoms with E-state index in [-0.39, 0.29) is 17.1 Å². The Kier molecular flexibility index (Phi) is 6.30. The van der Waals surface area contributed by atoms with E-state index in [1.807, 2.05) is 0 Å². The summed E-state index contributed by atoms with van der Waals surface area (Å²) in [6.45, 7) is 1.52. The Bertz CT molecular complexity index is 1360. The van der Waals surface area contributed by atoms with E-state index in [4.69, 9.17) is 0 Å². The van der Waals surface area contributed by atoms with Crippen molar-refractivity contribution in [1.82, 2.24) is 20.1 Å². The zero-order chi connectivity index (χ0) is 25.5. The van der Waals surface area contributed by atoms with Crippen molar-refractivity contribution < 1.29 is 30.8 Å². The van der Waals surface area contributed by atoms with Crippen LogP contribution in [0.5, 0.6) is 0 Å². The number of hydrogen-bond donors (Lipinski definition) is 1. The Hall–Kier alpha value is -3.48. The lowest BCUT2D eigenvalue weighted by Gasteiger charge is -2.37. The fraction of sp³-hybridized carbons (Fsp3) is 0.318. The average Bonchev–Trinajstić information content (AvgIpc) is 3.22. The van der Waals surface area contributed by atoms with E-state index in [9.17, 15) is 30.8 Å². The molecule has 0 fully saturated rings. The average molecular weight is 512 g/mol. The highest BCUT2D eigenvalue weighted by Gasteiger charge is 2.49. The van der Waals surface area contributed by atoms with Gasteiger partial charge in [-0.25, -0.2) is 27.3 Å². The van der Waals surface area contributed by atoms with Crippen LogP contribution >= 0.6 is 0 Å². The van der Waals surface area contributed by atoms with Crippen molar-refractivity contribution >= 4 is 21.6 Å². The number of anilines is 1. The van der Waals surface area contributed by atoms with E-state index < -0.39 is 46.4 Å². The highest BCUT2D eigenvalue weighted by Crippen LogP contribution is 2.39. The number of nitrogens with zero attached hydrogens (tertiary/aromatic N) is 4. The third-order valence-electron chi connectivity index (χ3n) is 5.72. The zero-order valence-electron chi connectivity index (χ0n) is 18.6. The summed E-state index contributed by atoms with van der Waals surface area (Å²) in [5.41, 5.74) is 1.16. The minimum absolute atomic E-state index is 0.00169. The van der Waals surface area contributed by atoms with Crippen molar-refractivity contribution in [3.05, 3.63) is 65.9 Å². The zero-order valence-corrected chi connectivity index (χ0v) is 19.4. The number of amides is 2. The molecule has 35 heavy (non-hydrogen) atoms. The summed E-state index contributed by atoms with van der Waals surface area (Å²) in [6.07, 6.45) is -1.69. The highest BCUT2D eigenvalue weighted by atomic mass is 32.2. The number of pyridine rings is 1. The lowest BCUT2D eigenvalue weighted by atomic mass is 10.0. The van der Waals surface area contributed by atoms with E-state index in [0.29, 0.717) is 21.8 Å². The molecular weight excluding hydrogens is 490 g/mol. The molecule has 13 heteroatoms. The summed E-state index contributed by atoms with van der Waals surface area (Å²) in [7, 11) is -3.62. The lowest BCUT2D eigenvalue weighted by Crippen LogP contribution is -2.55. The third-order valence-corrected chi connectivity index (χ3v) is 6.70. The van der Waals surface area contributed by atoms with Crippen molar-refractivity contribution in [2.45, 2.75) is 43.1 Å². The van der Waals surface area contributed by atoms with Gasteiger partial charge in [-0.1, -0.05) is 0 Å². The highest BCUT2D eigenvalue weighted by molar-refractivity contribution is 7.90. The quantitative estimate of drug-likeness (QED) is 0.535. The summed E-state index contributed by atoms with van der Waals surface area (Å²) >= 11 is 0. The van der Waals surface area contributed by atoms with Crippen LogP contribution < -0.4 is 10.2 Å². The van der Waals surface area contributed by atoms with Gasteiger partial charge in [0.1, 0.15) is 11.9 Å². The maximum atomic E-state index is 13.9. The monoisotopic (exact) mass is 511 g/mol. The predicted molar refractivity (Wildman–Crippen MR) is 118 cm³/mol. The normalized spacial score (nSPS) is 17.1. The third kappa shape index (κ3) is 4.99. The standard InChI is InChI=1S/C22H21F4N5O3S/c1-13(14-9-10-27-20(11-14)35(2,33)34)29-21(32)30-18-12-28-31(16-5-3-15(23)4-6-16)17(18)7-8-19(30)22(24,25)26/h3-6,9-13,19H,7-8H2,1-2H3,(H,29,32)/t13-,19?/m0/s1. The molecule has 2 atom stereocenters. The van der Waals surface area contributed by atoms with Crippen molar-refractivity contribution in [2.75, 3.05) is 11.2 Å². The molecule has 1 aliphatic heterocycles. The fourth-order valence-corrected chi connectivity index (χ4v) is 4.57. The fourth-order valence-electron chi connectivity index (χ4n) is 3.97. The molecule has 8 nitrogen and oxygen atoms in total. The first kappa shape index (κ1) is 24.6. The minimum atomic E-state index is -4.70. The molecule has 0 spiro atoms. The van der Waals surface area contributed by atoms with Gasteiger partial charge in [-0.15, -0.1) is 0 Å². The van der Waals surface area contributed by atoms with Gasteiger partial charge in [-0.05, 0) is 61.7 Å². The van der Waals surface area contributed by atoms with Gasteiger partial charge in [0.05, 0.1) is 29.3 Å². The Labute approximate surface area is 198 Å². The number of nitrogens with one attached hydrogen (secondary N) is 1. The van der Waals surface area contributed by atoms with Crippen molar-refractivity contribution in [3.8, 4) is 5.69 Å². The van der Waals surface area contributed by atoms with Gasteiger partial charge in [0.2, 0.25) is 0 Å². The molecule has 0 radical (unpaired) electrons. The molecule has 3 aromatic rings. The van der Waals surface area contributed by atoms with Gasteiger partial charge < -0.3 is 5.32 Å². The molecule has 0 bridgehead atoms. The molecular formula is C22H21F4N5O3S. The number of alkyl halides is 3. The second kappa shape index (κ2) is 8.95. The SMILES string of the molecule is C[C@H](NC(=O)N1c2cnn(-c3ccc(F)cc3)c2CCC1C(F)(F)F)c1ccnc(S(C)(=O)=O)c1. The van der Waals surface area contributed by atoms with E-state index in [2.05, 4.69) is 15.4 Å². The minimum Gasteiger partial charge on any atom is -0.331 e. The Morgan fingerprint density at radius 2 is 1.89 bits per heavy atom. The van der Waals surface area contributed by atoms with Crippen LogP contribution in [0.4, 0.5) is 28.0 Å². The van der Waals surface area contributed by atoms with Crippen LogP contribution in [-0.2, 0) is 16.3 Å². The van der Waals surface area contributed by atoms with Gasteiger partial charge in [-0.2, -0.15) is 18.3 Å². The van der Waals surface area contributed by atoms with Gasteiger partial charge >= 0.3 is 12.2 Å². The first-order valence-electron chi connectivity index (χ1n) is 10.5. The number of urea groups is 1. The second-order valence-electron chi connectivity index (χ2n) is 8.20. The van der Waals surface area contributed by atoms with Crippen LogP contribution in [0.25, 0.3) is 5.69 Å². The Morgan fingerprint density at radius 3 is 2.51 bits per heavy atom. The second-order valence-corrected chi connectivity index (χ2v) is 10.2. The Balaban J connectivity index is 1.67. The number of carbonyl (C=O) groups is 1. The van der Waals surface area contributed by atoms with Gasteiger partial charge in [-0.3, -0.25) is 4.90 Å². The van der Waals surface area contributed by atoms with Crippen molar-refractivity contribution in [3.63, 3.8) is 0 Å². The number of hydrogen-bond acceptors (Lipinski definition) is 5. The molecule has 2 amide bonds. The molecule has 2 aromatic heterocycles. The smallest absolute Gasteiger partial charge is 0.331 e. The predicted octanol–water partition coefficient (Wildman–Crippen LogP) is 3.96. The molecule has 1 aliphatic rings. The summed E-state index contributed by atoms with van der Waals surface area (Å²) in [4.78, 5) is 17.6. The number of fused-ring (bicyclic) bond motifs is 1. The van der Waals surface area contributed by atoms with Crippen LogP contribution in [-0.4, -0.2) is 47.7 Å². The summed E-state index contributed by atoms with van der Waals surface area (Å²) < 4.78 is 80.0. The molecule has 0 aliphatic carbocycles. The number of aromatic nitrogens is 3. The molecule has 0 saturated heterocycles. The molecule has 186 valence electrons. The Morgan fingerprint density at radius 1 is 1.20 bits per heavy atom.